The molecule has 0 unspecified atom stereocenters. The number of aliphatic carboxylic acids is 1. The molecule has 1 N–H and O–H groups in total. The number of ether oxygens (including phenoxy) is 1. The predicted molar refractivity (Wildman–Crippen MR) is 58.2 cm³/mol. The fourth-order valence-electron chi connectivity index (χ4n) is 1.39. The Morgan fingerprint density at radius 3 is 2.87 bits per heavy atom. The third kappa shape index (κ3) is 3.13. The molecular weight excluding hydrogens is 192 g/mol. The Kier molecular flexibility index (Phi) is 3.92. The molecule has 0 aliphatic carbocycles. The molecule has 1 aromatic carbocycles. The molecule has 0 spiro atoms. The van der Waals surface area contributed by atoms with Crippen LogP contribution in [-0.4, -0.2) is 18.2 Å². The lowest BCUT2D eigenvalue weighted by atomic mass is 10.1. The molecule has 1 rings (SSSR count). The van der Waals surface area contributed by atoms with Crippen LogP contribution in [0.25, 0.3) is 0 Å². The molecule has 80 valence electrons. The highest BCUT2D eigenvalue weighted by Gasteiger charge is 2.07. The molecule has 1 aromatic rings. The van der Waals surface area contributed by atoms with Crippen molar-refractivity contribution < 1.29 is 14.6 Å². The molecule has 0 saturated carbocycles. The van der Waals surface area contributed by atoms with Crippen molar-refractivity contribution in [1.82, 2.24) is 0 Å². The summed E-state index contributed by atoms with van der Waals surface area (Å²) in [6.45, 7) is 3.65. The van der Waals surface area contributed by atoms with E-state index in [1.807, 2.05) is 12.1 Å². The van der Waals surface area contributed by atoms with Gasteiger partial charge < -0.3 is 9.84 Å². The second-order valence-electron chi connectivity index (χ2n) is 3.21. The van der Waals surface area contributed by atoms with Gasteiger partial charge in [-0.05, 0) is 18.1 Å². The zero-order chi connectivity index (χ0) is 11.3. The first kappa shape index (κ1) is 11.3. The molecule has 0 amide bonds. The largest absolute Gasteiger partial charge is 0.496 e. The molecule has 0 fully saturated rings. The minimum absolute atomic E-state index is 0.0163. The number of carboxylic acid groups (broad SMARTS) is 1. The first-order chi connectivity index (χ1) is 7.17. The number of rotatable bonds is 5. The van der Waals surface area contributed by atoms with Gasteiger partial charge in [0.1, 0.15) is 5.75 Å². The normalized spacial score (nSPS) is 9.67. The van der Waals surface area contributed by atoms with E-state index in [2.05, 4.69) is 6.58 Å². The van der Waals surface area contributed by atoms with E-state index >= 15 is 0 Å². The molecule has 0 saturated heterocycles. The first-order valence-electron chi connectivity index (χ1n) is 4.66. The first-order valence-corrected chi connectivity index (χ1v) is 4.66. The van der Waals surface area contributed by atoms with E-state index in [4.69, 9.17) is 9.84 Å². The Labute approximate surface area is 89.0 Å². The highest BCUT2D eigenvalue weighted by atomic mass is 16.5. The third-order valence-electron chi connectivity index (χ3n) is 2.07. The van der Waals surface area contributed by atoms with Gasteiger partial charge in [0.2, 0.25) is 0 Å². The number of methoxy groups -OCH3 is 1. The van der Waals surface area contributed by atoms with Crippen LogP contribution in [0.1, 0.15) is 11.1 Å². The van der Waals surface area contributed by atoms with Crippen molar-refractivity contribution in [3.63, 3.8) is 0 Å². The van der Waals surface area contributed by atoms with Gasteiger partial charge in [-0.3, -0.25) is 4.79 Å². The molecule has 3 heteroatoms. The monoisotopic (exact) mass is 206 g/mol. The van der Waals surface area contributed by atoms with Crippen molar-refractivity contribution in [2.24, 2.45) is 0 Å². The van der Waals surface area contributed by atoms with Gasteiger partial charge in [-0.1, -0.05) is 18.2 Å². The van der Waals surface area contributed by atoms with Crippen molar-refractivity contribution in [1.29, 1.82) is 0 Å². The zero-order valence-corrected chi connectivity index (χ0v) is 8.69. The molecule has 0 aliphatic rings. The fourth-order valence-corrected chi connectivity index (χ4v) is 1.39. The van der Waals surface area contributed by atoms with Crippen molar-refractivity contribution in [2.45, 2.75) is 12.8 Å². The van der Waals surface area contributed by atoms with Gasteiger partial charge in [0, 0.05) is 5.56 Å². The van der Waals surface area contributed by atoms with E-state index < -0.39 is 5.97 Å². The molecular formula is C12H14O3. The lowest BCUT2D eigenvalue weighted by Crippen LogP contribution is -2.02. The Morgan fingerprint density at radius 1 is 1.60 bits per heavy atom. The van der Waals surface area contributed by atoms with Gasteiger partial charge in [0.05, 0.1) is 13.5 Å². The maximum absolute atomic E-state index is 10.6. The second kappa shape index (κ2) is 5.20. The summed E-state index contributed by atoms with van der Waals surface area (Å²) < 4.78 is 5.14. The molecule has 0 heterocycles. The second-order valence-corrected chi connectivity index (χ2v) is 3.21. The van der Waals surface area contributed by atoms with Crippen molar-refractivity contribution in [3.8, 4) is 5.75 Å². The van der Waals surface area contributed by atoms with Crippen LogP contribution >= 0.6 is 0 Å². The number of hydrogen-bond acceptors (Lipinski definition) is 2. The number of hydrogen-bond donors (Lipinski definition) is 1. The van der Waals surface area contributed by atoms with Crippen molar-refractivity contribution >= 4 is 5.97 Å². The Balaban J connectivity index is 2.97. The van der Waals surface area contributed by atoms with Crippen LogP contribution in [0.15, 0.2) is 30.9 Å². The summed E-state index contributed by atoms with van der Waals surface area (Å²) in [5.41, 5.74) is 1.76. The van der Waals surface area contributed by atoms with E-state index in [9.17, 15) is 4.79 Å². The van der Waals surface area contributed by atoms with Crippen LogP contribution in [0.4, 0.5) is 0 Å². The summed E-state index contributed by atoms with van der Waals surface area (Å²) in [5, 5.41) is 8.69. The van der Waals surface area contributed by atoms with Crippen molar-refractivity contribution in [2.75, 3.05) is 7.11 Å². The van der Waals surface area contributed by atoms with E-state index in [-0.39, 0.29) is 6.42 Å². The highest BCUT2D eigenvalue weighted by molar-refractivity contribution is 5.71. The van der Waals surface area contributed by atoms with E-state index in [0.29, 0.717) is 11.3 Å². The average molecular weight is 206 g/mol. The summed E-state index contributed by atoms with van der Waals surface area (Å²) in [6.07, 6.45) is 2.53. The van der Waals surface area contributed by atoms with E-state index in [1.165, 1.54) is 0 Å². The molecule has 3 nitrogen and oxygen atoms in total. The minimum Gasteiger partial charge on any atom is -0.496 e. The fraction of sp³-hybridized carbons (Fsp3) is 0.250. The maximum Gasteiger partial charge on any atom is 0.307 e. The summed E-state index contributed by atoms with van der Waals surface area (Å²) in [7, 11) is 1.54. The summed E-state index contributed by atoms with van der Waals surface area (Å²) in [4.78, 5) is 10.6. The van der Waals surface area contributed by atoms with Crippen LogP contribution in [0.3, 0.4) is 0 Å². The SMILES string of the molecule is C=CCc1ccc(CC(=O)O)c(OC)c1. The molecule has 0 aromatic heterocycles. The van der Waals surface area contributed by atoms with Gasteiger partial charge in [-0.2, -0.15) is 0 Å². The molecule has 0 atom stereocenters. The predicted octanol–water partition coefficient (Wildman–Crippen LogP) is 2.05. The lowest BCUT2D eigenvalue weighted by Gasteiger charge is -2.08. The van der Waals surface area contributed by atoms with Gasteiger partial charge >= 0.3 is 5.97 Å². The Morgan fingerprint density at radius 2 is 2.33 bits per heavy atom. The molecule has 0 radical (unpaired) electrons. The maximum atomic E-state index is 10.6. The van der Waals surface area contributed by atoms with Crippen LogP contribution in [0, 0.1) is 0 Å². The molecule has 15 heavy (non-hydrogen) atoms. The molecule has 0 aliphatic heterocycles. The highest BCUT2D eigenvalue weighted by Crippen LogP contribution is 2.21. The Bertz CT molecular complexity index is 369. The van der Waals surface area contributed by atoms with Gasteiger partial charge in [0.25, 0.3) is 0 Å². The van der Waals surface area contributed by atoms with E-state index in [1.54, 1.807) is 19.3 Å². The summed E-state index contributed by atoms with van der Waals surface area (Å²) in [6, 6.07) is 5.52. The summed E-state index contributed by atoms with van der Waals surface area (Å²) >= 11 is 0. The zero-order valence-electron chi connectivity index (χ0n) is 8.69. The van der Waals surface area contributed by atoms with Crippen LogP contribution in [0.5, 0.6) is 5.75 Å². The number of benzene rings is 1. The van der Waals surface area contributed by atoms with Gasteiger partial charge in [0.15, 0.2) is 0 Å². The minimum atomic E-state index is -0.857. The van der Waals surface area contributed by atoms with Crippen molar-refractivity contribution in [3.05, 3.63) is 42.0 Å². The number of allylic oxidation sites excluding steroid dienone is 1. The quantitative estimate of drug-likeness (QED) is 0.750. The third-order valence-corrected chi connectivity index (χ3v) is 2.07. The van der Waals surface area contributed by atoms with Crippen LogP contribution in [0.2, 0.25) is 0 Å². The van der Waals surface area contributed by atoms with Gasteiger partial charge in [-0.15, -0.1) is 6.58 Å². The average Bonchev–Trinajstić information content (AvgIpc) is 2.20. The smallest absolute Gasteiger partial charge is 0.307 e. The van der Waals surface area contributed by atoms with Crippen LogP contribution < -0.4 is 4.74 Å². The van der Waals surface area contributed by atoms with Gasteiger partial charge in [-0.25, -0.2) is 0 Å². The lowest BCUT2D eigenvalue weighted by molar-refractivity contribution is -0.136. The van der Waals surface area contributed by atoms with E-state index in [0.717, 1.165) is 12.0 Å². The summed E-state index contributed by atoms with van der Waals surface area (Å²) in [5.74, 6) is -0.235. The topological polar surface area (TPSA) is 46.5 Å². The Hall–Kier alpha value is -1.77. The number of carboxylic acids is 1. The molecule has 0 bridgehead atoms. The number of carbonyl (C=O) groups is 1. The standard InChI is InChI=1S/C12H14O3/c1-3-4-9-5-6-10(8-12(13)14)11(7-9)15-2/h3,5-7H,1,4,8H2,2H3,(H,13,14). The van der Waals surface area contributed by atoms with Crippen LogP contribution in [-0.2, 0) is 17.6 Å².